The molecular weight excluding hydrogens is 622 g/mol. The van der Waals surface area contributed by atoms with Gasteiger partial charge >= 0.3 is 10.4 Å². The van der Waals surface area contributed by atoms with Crippen LogP contribution in [0.1, 0.15) is 123 Å². The minimum Gasteiger partial charge on any atom is -0.396 e. The van der Waals surface area contributed by atoms with Crippen LogP contribution < -0.4 is 5.32 Å². The van der Waals surface area contributed by atoms with E-state index in [0.29, 0.717) is 13.0 Å². The first-order valence-electron chi connectivity index (χ1n) is 17.4. The normalized spacial score (nSPS) is 22.3. The lowest BCUT2D eigenvalue weighted by Gasteiger charge is -2.43. The molecule has 0 spiro atoms. The molecular formula is C32H63NO12S. The zero-order valence-corrected chi connectivity index (χ0v) is 29.0. The summed E-state index contributed by atoms with van der Waals surface area (Å²) in [4.78, 5) is 12.5. The number of nitrogens with one attached hydrogen (secondary N) is 1. The van der Waals surface area contributed by atoms with Gasteiger partial charge in [-0.05, 0) is 12.8 Å². The first-order valence-corrected chi connectivity index (χ1v) is 18.7. The van der Waals surface area contributed by atoms with Crippen LogP contribution in [0.15, 0.2) is 0 Å². The van der Waals surface area contributed by atoms with E-state index in [4.69, 9.17) is 18.8 Å². The number of rotatable bonds is 29. The van der Waals surface area contributed by atoms with Gasteiger partial charge in [-0.25, -0.2) is 4.18 Å². The number of carbonyl (C=O) groups excluding carboxylic acids is 1. The van der Waals surface area contributed by atoms with Crippen molar-refractivity contribution >= 4 is 16.3 Å². The smallest absolute Gasteiger partial charge is 0.396 e. The molecule has 1 heterocycles. The van der Waals surface area contributed by atoms with Crippen LogP contribution in [-0.2, 0) is 33.6 Å². The standard InChI is InChI=1S/C32H63NO12S/c1-3-5-7-8-9-10-11-12-13-14-15-16-17-18-20-43-31-28(33-27(36)19-6-4-2)30(38)29(37)26(45-31)21-42-24-32(22-34,23-35)25-44-46(39,40)41/h26,28-31,34-35,37-38H,3-25H2,1-2H3,(H,33,36)(H,39,40,41). The summed E-state index contributed by atoms with van der Waals surface area (Å²) >= 11 is 0. The molecule has 0 aromatic carbocycles. The fourth-order valence-electron chi connectivity index (χ4n) is 5.32. The third-order valence-corrected chi connectivity index (χ3v) is 8.86. The van der Waals surface area contributed by atoms with E-state index in [1.165, 1.54) is 64.2 Å². The summed E-state index contributed by atoms with van der Waals surface area (Å²) in [6, 6.07) is -1.01. The van der Waals surface area contributed by atoms with Crippen LogP contribution in [-0.4, -0.2) is 110 Å². The second kappa shape index (κ2) is 25.1. The van der Waals surface area contributed by atoms with Gasteiger partial charge in [0.15, 0.2) is 6.29 Å². The molecule has 5 atom stereocenters. The van der Waals surface area contributed by atoms with Crippen LogP contribution in [0.4, 0.5) is 0 Å². The highest BCUT2D eigenvalue weighted by molar-refractivity contribution is 7.80. The fourth-order valence-corrected chi connectivity index (χ4v) is 5.72. The number of carbonyl (C=O) groups is 1. The van der Waals surface area contributed by atoms with E-state index in [1.807, 2.05) is 6.92 Å². The van der Waals surface area contributed by atoms with Gasteiger partial charge in [0.2, 0.25) is 5.91 Å². The maximum Gasteiger partial charge on any atom is 0.397 e. The Hall–Kier alpha value is -0.940. The van der Waals surface area contributed by atoms with Crippen molar-refractivity contribution < 1.29 is 56.6 Å². The number of ether oxygens (including phenoxy) is 3. The van der Waals surface area contributed by atoms with E-state index in [-0.39, 0.29) is 18.9 Å². The molecule has 1 saturated heterocycles. The van der Waals surface area contributed by atoms with Crippen molar-refractivity contribution in [3.63, 3.8) is 0 Å². The molecule has 0 saturated carbocycles. The Labute approximate surface area is 276 Å². The van der Waals surface area contributed by atoms with Crippen molar-refractivity contribution in [3.05, 3.63) is 0 Å². The monoisotopic (exact) mass is 685 g/mol. The number of aliphatic hydroxyl groups excluding tert-OH is 4. The lowest BCUT2D eigenvalue weighted by Crippen LogP contribution is -2.65. The van der Waals surface area contributed by atoms with E-state index in [9.17, 15) is 33.6 Å². The Morgan fingerprint density at radius 2 is 1.30 bits per heavy atom. The lowest BCUT2D eigenvalue weighted by molar-refractivity contribution is -0.274. The Bertz CT molecular complexity index is 873. The number of aliphatic hydroxyl groups is 4. The van der Waals surface area contributed by atoms with Gasteiger partial charge in [-0.15, -0.1) is 0 Å². The van der Waals surface area contributed by atoms with Crippen LogP contribution >= 0.6 is 0 Å². The van der Waals surface area contributed by atoms with Gasteiger partial charge in [0, 0.05) is 13.0 Å². The highest BCUT2D eigenvalue weighted by Crippen LogP contribution is 2.25. The van der Waals surface area contributed by atoms with E-state index in [0.717, 1.165) is 32.1 Å². The van der Waals surface area contributed by atoms with Gasteiger partial charge in [-0.2, -0.15) is 8.42 Å². The Balaban J connectivity index is 2.56. The SMILES string of the molecule is CCCCCCCCCCCCCCCCOC1OC(COCC(CO)(CO)COS(=O)(=O)O)C(O)C(O)C1NC(=O)CCCC. The molecule has 14 heteroatoms. The first kappa shape index (κ1) is 43.1. The Kier molecular flexibility index (Phi) is 23.5. The zero-order chi connectivity index (χ0) is 34.3. The van der Waals surface area contributed by atoms with Crippen LogP contribution in [0.5, 0.6) is 0 Å². The van der Waals surface area contributed by atoms with Gasteiger partial charge in [0.1, 0.15) is 24.4 Å². The van der Waals surface area contributed by atoms with Crippen molar-refractivity contribution in [2.75, 3.05) is 39.6 Å². The third-order valence-electron chi connectivity index (χ3n) is 8.44. The Morgan fingerprint density at radius 3 is 1.80 bits per heavy atom. The quantitative estimate of drug-likeness (QED) is 0.0496. The highest BCUT2D eigenvalue weighted by atomic mass is 32.3. The highest BCUT2D eigenvalue weighted by Gasteiger charge is 2.46. The van der Waals surface area contributed by atoms with E-state index >= 15 is 0 Å². The molecule has 0 aliphatic carbocycles. The van der Waals surface area contributed by atoms with Crippen molar-refractivity contribution in [3.8, 4) is 0 Å². The molecule has 0 radical (unpaired) electrons. The van der Waals surface area contributed by atoms with Crippen molar-refractivity contribution in [2.45, 2.75) is 154 Å². The number of hydrogen-bond acceptors (Lipinski definition) is 11. The summed E-state index contributed by atoms with van der Waals surface area (Å²) < 4.78 is 52.5. The van der Waals surface area contributed by atoms with Crippen LogP contribution in [0, 0.1) is 5.41 Å². The number of unbranched alkanes of at least 4 members (excludes halogenated alkanes) is 14. The largest absolute Gasteiger partial charge is 0.397 e. The van der Waals surface area contributed by atoms with Crippen molar-refractivity contribution in [1.82, 2.24) is 5.32 Å². The van der Waals surface area contributed by atoms with E-state index < -0.39 is 72.9 Å². The van der Waals surface area contributed by atoms with Gasteiger partial charge < -0.3 is 40.0 Å². The molecule has 1 fully saturated rings. The second-order valence-corrected chi connectivity index (χ2v) is 13.8. The summed E-state index contributed by atoms with van der Waals surface area (Å²) in [5, 5.41) is 43.9. The maximum absolute atomic E-state index is 12.5. The summed E-state index contributed by atoms with van der Waals surface area (Å²) in [7, 11) is -4.82. The molecule has 1 rings (SSSR count). The second-order valence-electron chi connectivity index (χ2n) is 12.7. The van der Waals surface area contributed by atoms with Crippen molar-refractivity contribution in [1.29, 1.82) is 0 Å². The van der Waals surface area contributed by atoms with Gasteiger partial charge in [0.25, 0.3) is 0 Å². The Morgan fingerprint density at radius 1 is 0.783 bits per heavy atom. The summed E-state index contributed by atoms with van der Waals surface area (Å²) in [5.41, 5.74) is -1.58. The minimum absolute atomic E-state index is 0.254. The minimum atomic E-state index is -4.82. The average Bonchev–Trinajstić information content (AvgIpc) is 3.03. The first-order chi connectivity index (χ1) is 22.0. The molecule has 46 heavy (non-hydrogen) atoms. The molecule has 0 bridgehead atoms. The van der Waals surface area contributed by atoms with Crippen LogP contribution in [0.25, 0.3) is 0 Å². The summed E-state index contributed by atoms with van der Waals surface area (Å²) in [5.74, 6) is -0.295. The fraction of sp³-hybridized carbons (Fsp3) is 0.969. The number of amides is 1. The molecule has 1 aliphatic rings. The van der Waals surface area contributed by atoms with Gasteiger partial charge in [-0.1, -0.05) is 104 Å². The van der Waals surface area contributed by atoms with Gasteiger partial charge in [-0.3, -0.25) is 9.35 Å². The van der Waals surface area contributed by atoms with Crippen molar-refractivity contribution in [2.24, 2.45) is 5.41 Å². The third kappa shape index (κ3) is 18.6. The molecule has 5 unspecified atom stereocenters. The van der Waals surface area contributed by atoms with E-state index in [1.54, 1.807) is 0 Å². The molecule has 6 N–H and O–H groups in total. The zero-order valence-electron chi connectivity index (χ0n) is 28.2. The molecule has 13 nitrogen and oxygen atoms in total. The number of hydrogen-bond donors (Lipinski definition) is 6. The molecule has 274 valence electrons. The summed E-state index contributed by atoms with van der Waals surface area (Å²) in [6.07, 6.45) is 13.7. The van der Waals surface area contributed by atoms with Crippen LogP contribution in [0.3, 0.4) is 0 Å². The maximum atomic E-state index is 12.5. The van der Waals surface area contributed by atoms with Crippen LogP contribution in [0.2, 0.25) is 0 Å². The topological polar surface area (TPSA) is 201 Å². The molecule has 1 aliphatic heterocycles. The lowest BCUT2D eigenvalue weighted by atomic mass is 9.92. The molecule has 0 aromatic heterocycles. The molecule has 0 aromatic rings. The van der Waals surface area contributed by atoms with E-state index in [2.05, 4.69) is 16.4 Å². The van der Waals surface area contributed by atoms with Gasteiger partial charge in [0.05, 0.1) is 38.4 Å². The predicted molar refractivity (Wildman–Crippen MR) is 173 cm³/mol. The predicted octanol–water partition coefficient (Wildman–Crippen LogP) is 3.41. The molecule has 1 amide bonds. The summed E-state index contributed by atoms with van der Waals surface area (Å²) in [6.45, 7) is 1.57. The average molecular weight is 686 g/mol.